The van der Waals surface area contributed by atoms with E-state index in [4.69, 9.17) is 4.74 Å². The highest BCUT2D eigenvalue weighted by molar-refractivity contribution is 5.76. The molecular weight excluding hydrogens is 292 g/mol. The normalized spacial score (nSPS) is 25.8. The summed E-state index contributed by atoms with van der Waals surface area (Å²) in [6, 6.07) is 5.12. The highest BCUT2D eigenvalue weighted by Crippen LogP contribution is 2.53. The predicted molar refractivity (Wildman–Crippen MR) is 88.2 cm³/mol. The summed E-state index contributed by atoms with van der Waals surface area (Å²) in [7, 11) is 0. The summed E-state index contributed by atoms with van der Waals surface area (Å²) >= 11 is 0. The Morgan fingerprint density at radius 3 is 2.83 bits per heavy atom. The number of carbonyl (C=O) groups is 1. The zero-order valence-electron chi connectivity index (χ0n) is 13.8. The van der Waals surface area contributed by atoms with Crippen molar-refractivity contribution in [3.63, 3.8) is 0 Å². The third kappa shape index (κ3) is 3.20. The van der Waals surface area contributed by atoms with Crippen molar-refractivity contribution in [2.45, 2.75) is 64.1 Å². The third-order valence-corrected chi connectivity index (χ3v) is 5.49. The first kappa shape index (κ1) is 16.2. The van der Waals surface area contributed by atoms with E-state index in [1.165, 1.54) is 29.9 Å². The fraction of sp³-hybridized carbons (Fsp3) is 0.667. The van der Waals surface area contributed by atoms with E-state index >= 15 is 0 Å². The van der Waals surface area contributed by atoms with Gasteiger partial charge in [-0.25, -0.2) is 0 Å². The number of aromatic nitrogens is 1. The van der Waals surface area contributed by atoms with Gasteiger partial charge in [-0.2, -0.15) is 0 Å². The van der Waals surface area contributed by atoms with Gasteiger partial charge >= 0.3 is 0 Å². The number of ether oxygens (including phenoxy) is 1. The van der Waals surface area contributed by atoms with E-state index in [-0.39, 0.29) is 35.6 Å². The Kier molecular flexibility index (Phi) is 4.85. The van der Waals surface area contributed by atoms with Crippen LogP contribution in [0.2, 0.25) is 0 Å². The van der Waals surface area contributed by atoms with E-state index in [1.54, 1.807) is 18.3 Å². The van der Waals surface area contributed by atoms with Crippen molar-refractivity contribution in [1.82, 2.24) is 9.88 Å². The topological polar surface area (TPSA) is 60.3 Å². The molecule has 0 unspecified atom stereocenters. The van der Waals surface area contributed by atoms with Gasteiger partial charge in [-0.1, -0.05) is 25.3 Å². The molecule has 2 saturated carbocycles. The summed E-state index contributed by atoms with van der Waals surface area (Å²) in [6.07, 6.45) is 8.80. The molecule has 0 aromatic carbocycles. The zero-order valence-corrected chi connectivity index (χ0v) is 13.8. The fourth-order valence-corrected chi connectivity index (χ4v) is 4.25. The monoisotopic (exact) mass is 318 g/mol. The molecule has 2 fully saturated rings. The lowest BCUT2D eigenvalue weighted by atomic mass is 9.55. The predicted octanol–water partition coefficient (Wildman–Crippen LogP) is 2.09. The minimum absolute atomic E-state index is 0.0804. The molecule has 3 rings (SSSR count). The number of amides is 1. The van der Waals surface area contributed by atoms with E-state index in [0.29, 0.717) is 0 Å². The highest BCUT2D eigenvalue weighted by atomic mass is 16.5. The molecular formula is C18H26N2O3. The van der Waals surface area contributed by atoms with Gasteiger partial charge in [-0.3, -0.25) is 9.59 Å². The molecule has 1 N–H and O–H groups in total. The lowest BCUT2D eigenvalue weighted by Crippen LogP contribution is -2.65. The van der Waals surface area contributed by atoms with Crippen LogP contribution in [0.1, 0.15) is 45.4 Å². The second-order valence-electron chi connectivity index (χ2n) is 6.76. The Bertz CT molecular complexity index is 604. The first-order chi connectivity index (χ1) is 11.2. The molecule has 2 aliphatic rings. The molecule has 126 valence electrons. The van der Waals surface area contributed by atoms with Crippen molar-refractivity contribution in [3.8, 4) is 0 Å². The Hall–Kier alpha value is -1.62. The van der Waals surface area contributed by atoms with Crippen LogP contribution in [0.3, 0.4) is 0 Å². The maximum atomic E-state index is 12.3. The molecule has 2 aliphatic carbocycles. The second kappa shape index (κ2) is 6.87. The van der Waals surface area contributed by atoms with Gasteiger partial charge in [-0.05, 0) is 32.3 Å². The Morgan fingerprint density at radius 1 is 1.35 bits per heavy atom. The van der Waals surface area contributed by atoms with Gasteiger partial charge in [-0.15, -0.1) is 0 Å². The van der Waals surface area contributed by atoms with E-state index in [0.717, 1.165) is 25.9 Å². The number of hydrogen-bond acceptors (Lipinski definition) is 3. The first-order valence-electron chi connectivity index (χ1n) is 8.72. The van der Waals surface area contributed by atoms with Crippen molar-refractivity contribution in [2.24, 2.45) is 5.41 Å². The minimum Gasteiger partial charge on any atom is -0.378 e. The van der Waals surface area contributed by atoms with Crippen LogP contribution in [0.5, 0.6) is 0 Å². The third-order valence-electron chi connectivity index (χ3n) is 5.49. The maximum absolute atomic E-state index is 12.3. The van der Waals surface area contributed by atoms with E-state index in [1.807, 2.05) is 6.92 Å². The van der Waals surface area contributed by atoms with Gasteiger partial charge in [0.1, 0.15) is 6.54 Å². The Morgan fingerprint density at radius 2 is 2.13 bits per heavy atom. The second-order valence-corrected chi connectivity index (χ2v) is 6.76. The van der Waals surface area contributed by atoms with Crippen LogP contribution < -0.4 is 10.9 Å². The number of hydrogen-bond donors (Lipinski definition) is 1. The maximum Gasteiger partial charge on any atom is 0.250 e. The molecule has 2 atom stereocenters. The van der Waals surface area contributed by atoms with Crippen LogP contribution in [-0.4, -0.2) is 29.2 Å². The fourth-order valence-electron chi connectivity index (χ4n) is 4.25. The molecule has 1 amide bonds. The van der Waals surface area contributed by atoms with Crippen molar-refractivity contribution < 1.29 is 9.53 Å². The zero-order chi connectivity index (χ0) is 16.3. The smallest absolute Gasteiger partial charge is 0.250 e. The minimum atomic E-state index is -0.143. The van der Waals surface area contributed by atoms with Gasteiger partial charge in [0.15, 0.2) is 0 Å². The molecule has 0 aliphatic heterocycles. The Labute approximate surface area is 137 Å². The molecule has 0 bridgehead atoms. The number of nitrogens with zero attached hydrogens (tertiary/aromatic N) is 1. The van der Waals surface area contributed by atoms with Crippen LogP contribution in [0.4, 0.5) is 0 Å². The van der Waals surface area contributed by atoms with Crippen molar-refractivity contribution in [2.75, 3.05) is 6.61 Å². The largest absolute Gasteiger partial charge is 0.378 e. The van der Waals surface area contributed by atoms with Gasteiger partial charge in [0, 0.05) is 30.3 Å². The van der Waals surface area contributed by atoms with Crippen LogP contribution in [-0.2, 0) is 16.1 Å². The summed E-state index contributed by atoms with van der Waals surface area (Å²) in [5.41, 5.74) is -0.0261. The lowest BCUT2D eigenvalue weighted by molar-refractivity contribution is -0.157. The van der Waals surface area contributed by atoms with Crippen molar-refractivity contribution in [3.05, 3.63) is 34.7 Å². The van der Waals surface area contributed by atoms with E-state index < -0.39 is 0 Å². The summed E-state index contributed by atoms with van der Waals surface area (Å²) < 4.78 is 7.36. The molecule has 1 aromatic heterocycles. The van der Waals surface area contributed by atoms with Crippen LogP contribution in [0.25, 0.3) is 0 Å². The summed E-state index contributed by atoms with van der Waals surface area (Å²) in [4.78, 5) is 24.1. The highest BCUT2D eigenvalue weighted by Gasteiger charge is 2.56. The molecule has 0 radical (unpaired) electrons. The lowest BCUT2D eigenvalue weighted by Gasteiger charge is -2.57. The quantitative estimate of drug-likeness (QED) is 0.904. The number of rotatable bonds is 5. The van der Waals surface area contributed by atoms with Gasteiger partial charge in [0.25, 0.3) is 5.56 Å². The van der Waals surface area contributed by atoms with Crippen molar-refractivity contribution >= 4 is 5.91 Å². The van der Waals surface area contributed by atoms with Crippen LogP contribution in [0, 0.1) is 5.41 Å². The van der Waals surface area contributed by atoms with E-state index in [2.05, 4.69) is 5.32 Å². The summed E-state index contributed by atoms with van der Waals surface area (Å²) in [5.74, 6) is -0.0804. The molecule has 1 spiro atoms. The summed E-state index contributed by atoms with van der Waals surface area (Å²) in [5, 5.41) is 3.16. The van der Waals surface area contributed by atoms with Gasteiger partial charge < -0.3 is 14.6 Å². The average Bonchev–Trinajstić information content (AvgIpc) is 2.57. The number of nitrogens with one attached hydrogen (secondary N) is 1. The first-order valence-corrected chi connectivity index (χ1v) is 8.72. The van der Waals surface area contributed by atoms with E-state index in [9.17, 15) is 9.59 Å². The SMILES string of the molecule is CCO[C@H]1C[C@@H](NC(=O)Cn2ccccc2=O)C12CCCCC2. The molecule has 5 heteroatoms. The Balaban J connectivity index is 1.64. The van der Waals surface area contributed by atoms with Crippen LogP contribution >= 0.6 is 0 Å². The van der Waals surface area contributed by atoms with Gasteiger partial charge in [0.05, 0.1) is 6.10 Å². The summed E-state index contributed by atoms with van der Waals surface area (Å²) in [6.45, 7) is 2.85. The van der Waals surface area contributed by atoms with Gasteiger partial charge in [0.2, 0.25) is 5.91 Å². The van der Waals surface area contributed by atoms with Crippen LogP contribution in [0.15, 0.2) is 29.2 Å². The molecule has 0 saturated heterocycles. The molecule has 1 heterocycles. The molecule has 23 heavy (non-hydrogen) atoms. The molecule has 5 nitrogen and oxygen atoms in total. The average molecular weight is 318 g/mol. The standard InChI is InChI=1S/C18H26N2O3/c1-2-23-15-12-14(18(15)9-5-3-6-10-18)19-16(21)13-20-11-7-4-8-17(20)22/h4,7-8,11,14-15H,2-3,5-6,9-10,12-13H2,1H3,(H,19,21)/t14-,15+/m1/s1. The molecule has 1 aromatic rings. The number of carbonyl (C=O) groups excluding carboxylic acids is 1. The number of pyridine rings is 1. The van der Waals surface area contributed by atoms with Crippen molar-refractivity contribution in [1.29, 1.82) is 0 Å².